The fourth-order valence-electron chi connectivity index (χ4n) is 2.11. The van der Waals surface area contributed by atoms with Crippen molar-refractivity contribution >= 4 is 27.5 Å². The van der Waals surface area contributed by atoms with Crippen LogP contribution < -0.4 is 4.74 Å². The Labute approximate surface area is 131 Å². The Morgan fingerprint density at radius 3 is 2.65 bits per heavy atom. The van der Waals surface area contributed by atoms with Gasteiger partial charge in [-0.2, -0.15) is 0 Å². The lowest BCUT2D eigenvalue weighted by Crippen LogP contribution is -2.01. The van der Waals surface area contributed by atoms with Gasteiger partial charge in [-0.1, -0.05) is 24.3 Å². The van der Waals surface area contributed by atoms with Crippen molar-refractivity contribution in [1.82, 2.24) is 0 Å². The molecule has 0 N–H and O–H groups in total. The molecule has 0 amide bonds. The van der Waals surface area contributed by atoms with Crippen LogP contribution in [0.25, 0.3) is 0 Å². The summed E-state index contributed by atoms with van der Waals surface area (Å²) in [6.07, 6.45) is 0.669. The lowest BCUT2D eigenvalue weighted by molar-refractivity contribution is 0.405. The maximum absolute atomic E-state index is 13.5. The molecule has 0 fully saturated rings. The molecule has 2 aromatic rings. The molecule has 1 nitrogen and oxygen atoms in total. The molecule has 1 unspecified atom stereocenters. The van der Waals surface area contributed by atoms with Gasteiger partial charge in [-0.3, -0.25) is 0 Å². The number of alkyl halides is 1. The van der Waals surface area contributed by atoms with Crippen LogP contribution in [0.1, 0.15) is 22.1 Å². The number of rotatable bonds is 4. The van der Waals surface area contributed by atoms with Gasteiger partial charge in [-0.05, 0) is 46.5 Å². The number of hydrogen-bond donors (Lipinski definition) is 0. The summed E-state index contributed by atoms with van der Waals surface area (Å²) in [4.78, 5) is 0. The molecule has 0 saturated heterocycles. The number of halogens is 3. The van der Waals surface area contributed by atoms with Gasteiger partial charge in [0.1, 0.15) is 11.6 Å². The summed E-state index contributed by atoms with van der Waals surface area (Å²) in [7, 11) is 1.52. The van der Waals surface area contributed by atoms with Gasteiger partial charge in [0.2, 0.25) is 0 Å². The van der Waals surface area contributed by atoms with Gasteiger partial charge in [0.25, 0.3) is 0 Å². The summed E-state index contributed by atoms with van der Waals surface area (Å²) in [5.74, 6) is 0.115. The van der Waals surface area contributed by atoms with E-state index in [4.69, 9.17) is 16.3 Å². The first-order valence-electron chi connectivity index (χ1n) is 6.24. The van der Waals surface area contributed by atoms with Crippen LogP contribution in [0.15, 0.2) is 40.9 Å². The minimum atomic E-state index is -0.356. The molecule has 106 valence electrons. The van der Waals surface area contributed by atoms with E-state index < -0.39 is 0 Å². The third-order valence-corrected chi connectivity index (χ3v) is 4.27. The first-order valence-corrected chi connectivity index (χ1v) is 7.47. The van der Waals surface area contributed by atoms with Crippen molar-refractivity contribution in [2.45, 2.75) is 18.7 Å². The van der Waals surface area contributed by atoms with Crippen LogP contribution >= 0.6 is 27.5 Å². The third-order valence-electron chi connectivity index (χ3n) is 3.27. The standard InChI is InChI=1S/C16H15BrClFO/c1-10-5-3-4-6-11(10)7-14(18)12-8-13(17)15(19)9-16(12)20-2/h3-6,8-9,14H,7H2,1-2H3. The van der Waals surface area contributed by atoms with E-state index in [0.29, 0.717) is 16.6 Å². The molecule has 0 aliphatic heterocycles. The summed E-state index contributed by atoms with van der Waals surface area (Å²) in [5.41, 5.74) is 3.15. The molecule has 0 aromatic heterocycles. The van der Waals surface area contributed by atoms with E-state index in [9.17, 15) is 4.39 Å². The molecule has 0 aliphatic rings. The Hall–Kier alpha value is -1.06. The summed E-state index contributed by atoms with van der Waals surface area (Å²) >= 11 is 9.69. The highest BCUT2D eigenvalue weighted by Gasteiger charge is 2.17. The minimum Gasteiger partial charge on any atom is -0.496 e. The minimum absolute atomic E-state index is 0.275. The number of aryl methyl sites for hydroxylation is 1. The van der Waals surface area contributed by atoms with E-state index in [1.54, 1.807) is 6.07 Å². The predicted molar refractivity (Wildman–Crippen MR) is 84.1 cm³/mol. The van der Waals surface area contributed by atoms with Crippen LogP contribution in [0.3, 0.4) is 0 Å². The van der Waals surface area contributed by atoms with Gasteiger partial charge >= 0.3 is 0 Å². The Morgan fingerprint density at radius 2 is 2.00 bits per heavy atom. The first kappa shape index (κ1) is 15.3. The number of ether oxygens (including phenoxy) is 1. The SMILES string of the molecule is COc1cc(F)c(Br)cc1C(Cl)Cc1ccccc1C. The first-order chi connectivity index (χ1) is 9.52. The lowest BCUT2D eigenvalue weighted by atomic mass is 9.99. The second kappa shape index (κ2) is 6.59. The molecular formula is C16H15BrClFO. The maximum atomic E-state index is 13.5. The van der Waals surface area contributed by atoms with Crippen molar-refractivity contribution in [3.8, 4) is 5.75 Å². The Kier molecular flexibility index (Phi) is 5.06. The van der Waals surface area contributed by atoms with Crippen LogP contribution in [0.2, 0.25) is 0 Å². The largest absolute Gasteiger partial charge is 0.496 e. The number of benzene rings is 2. The fourth-order valence-corrected chi connectivity index (χ4v) is 2.81. The van der Waals surface area contributed by atoms with Crippen molar-refractivity contribution in [2.24, 2.45) is 0 Å². The van der Waals surface area contributed by atoms with Crippen molar-refractivity contribution in [3.05, 3.63) is 63.4 Å². The fraction of sp³-hybridized carbons (Fsp3) is 0.250. The zero-order valence-electron chi connectivity index (χ0n) is 11.3. The Bertz CT molecular complexity index is 615. The molecule has 1 atom stereocenters. The summed E-state index contributed by atoms with van der Waals surface area (Å²) in [6.45, 7) is 2.05. The van der Waals surface area contributed by atoms with Crippen molar-refractivity contribution in [1.29, 1.82) is 0 Å². The van der Waals surface area contributed by atoms with Crippen molar-refractivity contribution in [3.63, 3.8) is 0 Å². The molecule has 2 rings (SSSR count). The molecular weight excluding hydrogens is 343 g/mol. The van der Waals surface area contributed by atoms with E-state index in [2.05, 4.69) is 35.0 Å². The highest BCUT2D eigenvalue weighted by molar-refractivity contribution is 9.10. The molecule has 2 aromatic carbocycles. The maximum Gasteiger partial charge on any atom is 0.141 e. The molecule has 0 saturated carbocycles. The van der Waals surface area contributed by atoms with Crippen LogP contribution in [0.5, 0.6) is 5.75 Å². The highest BCUT2D eigenvalue weighted by Crippen LogP contribution is 2.36. The van der Waals surface area contributed by atoms with Gasteiger partial charge in [-0.15, -0.1) is 11.6 Å². The highest BCUT2D eigenvalue weighted by atomic mass is 79.9. The van der Waals surface area contributed by atoms with Gasteiger partial charge < -0.3 is 4.74 Å². The average Bonchev–Trinajstić information content (AvgIpc) is 2.43. The second-order valence-electron chi connectivity index (χ2n) is 4.61. The summed E-state index contributed by atoms with van der Waals surface area (Å²) in [6, 6.07) is 11.1. The van der Waals surface area contributed by atoms with Gasteiger partial charge in [0, 0.05) is 11.6 Å². The molecule has 0 spiro atoms. The third kappa shape index (κ3) is 3.33. The molecule has 0 bridgehead atoms. The Morgan fingerprint density at radius 1 is 1.30 bits per heavy atom. The number of hydrogen-bond acceptors (Lipinski definition) is 1. The van der Waals surface area contributed by atoms with Crippen LogP contribution in [0, 0.1) is 12.7 Å². The second-order valence-corrected chi connectivity index (χ2v) is 5.99. The monoisotopic (exact) mass is 356 g/mol. The average molecular weight is 358 g/mol. The van der Waals surface area contributed by atoms with Gasteiger partial charge in [-0.25, -0.2) is 4.39 Å². The van der Waals surface area contributed by atoms with E-state index in [0.717, 1.165) is 5.56 Å². The van der Waals surface area contributed by atoms with Gasteiger partial charge in [0.05, 0.1) is 17.0 Å². The lowest BCUT2D eigenvalue weighted by Gasteiger charge is -2.16. The zero-order chi connectivity index (χ0) is 14.7. The zero-order valence-corrected chi connectivity index (χ0v) is 13.6. The van der Waals surface area contributed by atoms with E-state index in [1.165, 1.54) is 24.3 Å². The molecule has 0 heterocycles. The summed E-state index contributed by atoms with van der Waals surface area (Å²) in [5, 5.41) is -0.275. The van der Waals surface area contributed by atoms with Gasteiger partial charge in [0.15, 0.2) is 0 Å². The van der Waals surface area contributed by atoms with E-state index in [-0.39, 0.29) is 11.2 Å². The van der Waals surface area contributed by atoms with Crippen LogP contribution in [0.4, 0.5) is 4.39 Å². The predicted octanol–water partition coefficient (Wildman–Crippen LogP) is 5.43. The van der Waals surface area contributed by atoms with Crippen molar-refractivity contribution < 1.29 is 9.13 Å². The van der Waals surface area contributed by atoms with Crippen molar-refractivity contribution in [2.75, 3.05) is 7.11 Å². The van der Waals surface area contributed by atoms with Crippen LogP contribution in [-0.4, -0.2) is 7.11 Å². The Balaban J connectivity index is 2.32. The molecule has 20 heavy (non-hydrogen) atoms. The summed E-state index contributed by atoms with van der Waals surface area (Å²) < 4.78 is 19.1. The molecule has 4 heteroatoms. The van der Waals surface area contributed by atoms with Crippen LogP contribution in [-0.2, 0) is 6.42 Å². The molecule has 0 aliphatic carbocycles. The normalized spacial score (nSPS) is 12.2. The van der Waals surface area contributed by atoms with E-state index >= 15 is 0 Å². The molecule has 0 radical (unpaired) electrons. The smallest absolute Gasteiger partial charge is 0.141 e. The number of methoxy groups -OCH3 is 1. The van der Waals surface area contributed by atoms with E-state index in [1.807, 2.05) is 12.1 Å². The quantitative estimate of drug-likeness (QED) is 0.663. The topological polar surface area (TPSA) is 9.23 Å².